The van der Waals surface area contributed by atoms with Crippen LogP contribution in [-0.4, -0.2) is 21.6 Å². The predicted octanol–water partition coefficient (Wildman–Crippen LogP) is 5.56. The molecule has 5 heteroatoms. The van der Waals surface area contributed by atoms with Gasteiger partial charge in [0.05, 0.1) is 22.8 Å². The number of hydrogen-bond donors (Lipinski definition) is 2. The van der Waals surface area contributed by atoms with E-state index in [0.717, 1.165) is 33.9 Å². The second-order valence-corrected chi connectivity index (χ2v) is 9.08. The summed E-state index contributed by atoms with van der Waals surface area (Å²) in [5.41, 5.74) is 5.05. The molecule has 0 radical (unpaired) electrons. The molecule has 5 rings (SSSR count). The largest absolute Gasteiger partial charge is 0.507 e. The van der Waals surface area contributed by atoms with Crippen molar-refractivity contribution in [3.8, 4) is 22.6 Å². The van der Waals surface area contributed by atoms with Crippen LogP contribution in [0.2, 0.25) is 0 Å². The molecule has 0 spiro atoms. The number of para-hydroxylation sites is 2. The molecule has 0 aliphatic carbocycles. The van der Waals surface area contributed by atoms with Gasteiger partial charge in [0.2, 0.25) is 0 Å². The third kappa shape index (κ3) is 3.08. The van der Waals surface area contributed by atoms with E-state index < -0.39 is 10.8 Å². The van der Waals surface area contributed by atoms with E-state index in [-0.39, 0.29) is 32.6 Å². The van der Waals surface area contributed by atoms with E-state index in [1.54, 1.807) is 0 Å². The number of allylic oxidation sites excluding steroid dienone is 4. The molecule has 31 heavy (non-hydrogen) atoms. The zero-order valence-corrected chi connectivity index (χ0v) is 20.2. The third-order valence-electron chi connectivity index (χ3n) is 6.53. The summed E-state index contributed by atoms with van der Waals surface area (Å²) in [5.74, 6) is 0.334. The van der Waals surface area contributed by atoms with Crippen molar-refractivity contribution in [2.24, 2.45) is 9.98 Å². The van der Waals surface area contributed by atoms with Gasteiger partial charge in [-0.25, -0.2) is 0 Å². The van der Waals surface area contributed by atoms with E-state index in [2.05, 4.69) is 0 Å². The number of aliphatic imine (C=N–C) groups is 2. The van der Waals surface area contributed by atoms with E-state index in [9.17, 15) is 10.2 Å². The summed E-state index contributed by atoms with van der Waals surface area (Å²) in [6, 6.07) is 11.4. The van der Waals surface area contributed by atoms with Crippen LogP contribution >= 0.6 is 0 Å². The topological polar surface area (TPSA) is 65.2 Å². The average molecular weight is 592 g/mol. The van der Waals surface area contributed by atoms with Crippen molar-refractivity contribution in [2.75, 3.05) is 0 Å². The van der Waals surface area contributed by atoms with Crippen molar-refractivity contribution >= 4 is 11.4 Å². The minimum absolute atomic E-state index is 0. The Balaban J connectivity index is 0.00000231. The molecule has 0 amide bonds. The number of benzene rings is 2. The quantitative estimate of drug-likeness (QED) is 0.421. The Hall–Kier alpha value is -2.71. The summed E-state index contributed by atoms with van der Waals surface area (Å²) >= 11 is 0. The first-order valence-electron chi connectivity index (χ1n) is 10.2. The maximum absolute atomic E-state index is 11.3. The van der Waals surface area contributed by atoms with Crippen molar-refractivity contribution in [2.45, 2.75) is 38.5 Å². The van der Waals surface area contributed by atoms with Crippen molar-refractivity contribution in [1.29, 1.82) is 0 Å². The molecule has 0 saturated heterocycles. The predicted molar refractivity (Wildman–Crippen MR) is 121 cm³/mol. The van der Waals surface area contributed by atoms with Gasteiger partial charge < -0.3 is 10.2 Å². The molecular formula is C26H24N2O2Pt. The second-order valence-electron chi connectivity index (χ2n) is 9.08. The molecule has 160 valence electrons. The van der Waals surface area contributed by atoms with Crippen LogP contribution in [0.1, 0.15) is 38.8 Å². The van der Waals surface area contributed by atoms with Crippen molar-refractivity contribution in [3.05, 3.63) is 83.2 Å². The van der Waals surface area contributed by atoms with Gasteiger partial charge in [-0.15, -0.1) is 0 Å². The van der Waals surface area contributed by atoms with E-state index in [4.69, 9.17) is 9.98 Å². The molecule has 0 saturated carbocycles. The minimum Gasteiger partial charge on any atom is -0.507 e. The van der Waals surface area contributed by atoms with Crippen LogP contribution < -0.4 is 0 Å². The number of fused-ring (bicyclic) bond motifs is 7. The second kappa shape index (κ2) is 7.17. The Morgan fingerprint density at radius 3 is 1.39 bits per heavy atom. The number of hydrogen-bond acceptors (Lipinski definition) is 4. The first kappa shape index (κ1) is 21.5. The Bertz CT molecular complexity index is 1160. The van der Waals surface area contributed by atoms with Gasteiger partial charge in [0.25, 0.3) is 0 Å². The van der Waals surface area contributed by atoms with Crippen LogP contribution in [0, 0.1) is 0 Å². The van der Waals surface area contributed by atoms with Gasteiger partial charge in [0.15, 0.2) is 0 Å². The molecule has 8 bridgehead atoms. The van der Waals surface area contributed by atoms with Crippen molar-refractivity contribution in [1.82, 2.24) is 0 Å². The van der Waals surface area contributed by atoms with Gasteiger partial charge in [-0.2, -0.15) is 0 Å². The fraction of sp³-hybridized carbons (Fsp3) is 0.231. The summed E-state index contributed by atoms with van der Waals surface area (Å²) in [6.07, 6.45) is 7.96. The number of phenols is 2. The van der Waals surface area contributed by atoms with E-state index in [1.807, 2.05) is 88.4 Å². The third-order valence-corrected chi connectivity index (χ3v) is 6.53. The van der Waals surface area contributed by atoms with Gasteiger partial charge in [-0.3, -0.25) is 9.98 Å². The summed E-state index contributed by atoms with van der Waals surface area (Å²) in [7, 11) is 0. The molecule has 0 aromatic heterocycles. The van der Waals surface area contributed by atoms with Crippen LogP contribution in [0.25, 0.3) is 11.1 Å². The molecule has 3 heterocycles. The van der Waals surface area contributed by atoms with Gasteiger partial charge in [0.1, 0.15) is 11.5 Å². The van der Waals surface area contributed by atoms with Crippen molar-refractivity contribution < 1.29 is 31.3 Å². The number of rotatable bonds is 0. The Labute approximate surface area is 196 Å². The zero-order valence-electron chi connectivity index (χ0n) is 17.9. The number of nitrogens with zero attached hydrogens (tertiary/aromatic N) is 2. The summed E-state index contributed by atoms with van der Waals surface area (Å²) in [4.78, 5) is 9.72. The van der Waals surface area contributed by atoms with Gasteiger partial charge in [0, 0.05) is 54.1 Å². The molecule has 3 aliphatic heterocycles. The first-order chi connectivity index (χ1) is 14.2. The van der Waals surface area contributed by atoms with E-state index in [0.29, 0.717) is 11.1 Å². The van der Waals surface area contributed by atoms with Gasteiger partial charge in [-0.05, 0) is 24.3 Å². The molecule has 0 atom stereocenters. The van der Waals surface area contributed by atoms with Crippen LogP contribution in [-0.2, 0) is 31.9 Å². The van der Waals surface area contributed by atoms with Crippen LogP contribution in [0.15, 0.2) is 82.1 Å². The summed E-state index contributed by atoms with van der Waals surface area (Å²) in [5, 5.41) is 22.5. The molecule has 0 unspecified atom stereocenters. The van der Waals surface area contributed by atoms with Crippen molar-refractivity contribution in [3.63, 3.8) is 0 Å². The SMILES string of the molecule is CC1(C)C2=N/C(=C3/C=CC(=N3)C(C)(C)c3cccc(c3O)-c3cccc1c3O)C=C2.[Pt]. The monoisotopic (exact) mass is 591 g/mol. The maximum Gasteiger partial charge on any atom is 0.127 e. The zero-order chi connectivity index (χ0) is 21.3. The van der Waals surface area contributed by atoms with Crippen LogP contribution in [0.4, 0.5) is 0 Å². The van der Waals surface area contributed by atoms with Crippen LogP contribution in [0.3, 0.4) is 0 Å². The Morgan fingerprint density at radius 2 is 1.00 bits per heavy atom. The normalized spacial score (nSPS) is 21.8. The smallest absolute Gasteiger partial charge is 0.127 e. The summed E-state index contributed by atoms with van der Waals surface area (Å²) < 4.78 is 0. The molecule has 2 N–H and O–H groups in total. The maximum atomic E-state index is 11.3. The van der Waals surface area contributed by atoms with Gasteiger partial charge in [-0.1, -0.05) is 64.1 Å². The molecule has 4 nitrogen and oxygen atoms in total. The Kier molecular flexibility index (Phi) is 4.98. The minimum atomic E-state index is -0.523. The molecule has 3 aliphatic rings. The number of aromatic hydroxyl groups is 2. The fourth-order valence-electron chi connectivity index (χ4n) is 4.51. The Morgan fingerprint density at radius 1 is 0.613 bits per heavy atom. The number of phenolic OH excluding ortho intramolecular Hbond substituents is 2. The average Bonchev–Trinajstić information content (AvgIpc) is 3.38. The van der Waals surface area contributed by atoms with Gasteiger partial charge >= 0.3 is 0 Å². The molecule has 2 aromatic carbocycles. The summed E-state index contributed by atoms with van der Waals surface area (Å²) in [6.45, 7) is 8.19. The van der Waals surface area contributed by atoms with Crippen LogP contribution in [0.5, 0.6) is 11.5 Å². The molecule has 2 aromatic rings. The fourth-order valence-corrected chi connectivity index (χ4v) is 4.51. The molecule has 0 fully saturated rings. The van der Waals surface area contributed by atoms with E-state index in [1.165, 1.54) is 0 Å². The first-order valence-corrected chi connectivity index (χ1v) is 10.2. The van der Waals surface area contributed by atoms with E-state index >= 15 is 0 Å². The standard InChI is InChI=1S/C26H24N2O2.Pt/c1-25(2)17-9-5-7-15(23(17)29)16-8-6-10-18(24(16)30)26(3,4)22-14-12-20(28-22)19-11-13-21(25)27-19;/h5-14,29-30H,1-4H3;/b20-19-;. The molecular weight excluding hydrogens is 567 g/mol.